The summed E-state index contributed by atoms with van der Waals surface area (Å²) in [6, 6.07) is 5.97. The van der Waals surface area contributed by atoms with Crippen molar-refractivity contribution in [3.8, 4) is 0 Å². The molecular weight excluding hydrogens is 266 g/mol. The second-order valence-electron chi connectivity index (χ2n) is 4.83. The summed E-state index contributed by atoms with van der Waals surface area (Å²) >= 11 is 0. The Labute approximate surface area is 112 Å². The van der Waals surface area contributed by atoms with Gasteiger partial charge in [-0.3, -0.25) is 4.79 Å². The minimum atomic E-state index is -3.76. The first-order valence-electron chi connectivity index (χ1n) is 6.05. The number of benzene rings is 1. The van der Waals surface area contributed by atoms with Gasteiger partial charge >= 0.3 is 0 Å². The lowest BCUT2D eigenvalue weighted by Gasteiger charge is -2.11. The van der Waals surface area contributed by atoms with E-state index in [0.29, 0.717) is 12.1 Å². The summed E-state index contributed by atoms with van der Waals surface area (Å²) < 4.78 is 22.4. The fraction of sp³-hybridized carbons (Fsp3) is 0.417. The van der Waals surface area contributed by atoms with Crippen LogP contribution in [0.2, 0.25) is 0 Å². The molecule has 1 aliphatic carbocycles. The highest BCUT2D eigenvalue weighted by molar-refractivity contribution is 7.89. The summed E-state index contributed by atoms with van der Waals surface area (Å²) in [7, 11) is -3.76. The van der Waals surface area contributed by atoms with Crippen LogP contribution in [-0.2, 0) is 14.8 Å². The topological polar surface area (TPSA) is 115 Å². The molecule has 1 saturated carbocycles. The largest absolute Gasteiger partial charge is 0.328 e. The van der Waals surface area contributed by atoms with Crippen LogP contribution in [0, 0.1) is 5.92 Å². The second-order valence-corrected chi connectivity index (χ2v) is 6.39. The summed E-state index contributed by atoms with van der Waals surface area (Å²) in [6.45, 7) is 0. The summed E-state index contributed by atoms with van der Waals surface area (Å²) in [4.78, 5) is 12.0. The highest BCUT2D eigenvalue weighted by Crippen LogP contribution is 2.25. The Morgan fingerprint density at radius 3 is 2.63 bits per heavy atom. The molecule has 1 aliphatic rings. The van der Waals surface area contributed by atoms with E-state index in [1.807, 2.05) is 0 Å². The van der Waals surface area contributed by atoms with Crippen LogP contribution in [0.4, 0.5) is 5.69 Å². The molecule has 0 aliphatic heterocycles. The van der Waals surface area contributed by atoms with E-state index < -0.39 is 10.0 Å². The normalized spacial score (nSPS) is 23.3. The lowest BCUT2D eigenvalue weighted by atomic mass is 10.1. The van der Waals surface area contributed by atoms with Crippen LogP contribution in [0.15, 0.2) is 29.2 Å². The number of hydrogen-bond donors (Lipinski definition) is 3. The fourth-order valence-electron chi connectivity index (χ4n) is 2.25. The maximum Gasteiger partial charge on any atom is 0.238 e. The van der Waals surface area contributed by atoms with Crippen LogP contribution >= 0.6 is 0 Å². The van der Waals surface area contributed by atoms with Gasteiger partial charge in [-0.15, -0.1) is 0 Å². The average Bonchev–Trinajstić information content (AvgIpc) is 2.75. The van der Waals surface area contributed by atoms with Gasteiger partial charge in [-0.2, -0.15) is 0 Å². The van der Waals surface area contributed by atoms with Crippen molar-refractivity contribution in [2.45, 2.75) is 30.2 Å². The van der Waals surface area contributed by atoms with Crippen molar-refractivity contribution in [2.24, 2.45) is 16.8 Å². The lowest BCUT2D eigenvalue weighted by molar-refractivity contribution is -0.119. The molecule has 1 aromatic rings. The van der Waals surface area contributed by atoms with Crippen molar-refractivity contribution in [1.29, 1.82) is 0 Å². The van der Waals surface area contributed by atoms with Gasteiger partial charge in [-0.25, -0.2) is 13.6 Å². The molecule has 1 aromatic carbocycles. The van der Waals surface area contributed by atoms with E-state index in [-0.39, 0.29) is 22.8 Å². The Kier molecular flexibility index (Phi) is 3.88. The number of primary sulfonamides is 1. The highest BCUT2D eigenvalue weighted by Gasteiger charge is 2.27. The number of hydrogen-bond acceptors (Lipinski definition) is 4. The van der Waals surface area contributed by atoms with E-state index in [2.05, 4.69) is 5.32 Å². The highest BCUT2D eigenvalue weighted by atomic mass is 32.2. The van der Waals surface area contributed by atoms with E-state index in [9.17, 15) is 13.2 Å². The minimum Gasteiger partial charge on any atom is -0.328 e. The molecule has 0 spiro atoms. The number of nitrogens with one attached hydrogen (secondary N) is 1. The maximum absolute atomic E-state index is 12.0. The third kappa shape index (κ3) is 3.52. The first-order valence-corrected chi connectivity index (χ1v) is 7.60. The Hall–Kier alpha value is -1.44. The predicted octanol–water partition coefficient (Wildman–Crippen LogP) is 0.400. The van der Waals surface area contributed by atoms with Crippen molar-refractivity contribution in [3.05, 3.63) is 24.3 Å². The molecule has 0 aromatic heterocycles. The zero-order valence-corrected chi connectivity index (χ0v) is 11.2. The SMILES string of the molecule is NC1CCC(C(=O)Nc2cccc(S(N)(=O)=O)c2)C1. The molecule has 7 heteroatoms. The first-order chi connectivity index (χ1) is 8.86. The predicted molar refractivity (Wildman–Crippen MR) is 71.8 cm³/mol. The smallest absolute Gasteiger partial charge is 0.238 e. The van der Waals surface area contributed by atoms with Gasteiger partial charge in [-0.1, -0.05) is 6.07 Å². The molecule has 2 atom stereocenters. The third-order valence-corrected chi connectivity index (χ3v) is 4.19. The quantitative estimate of drug-likeness (QED) is 0.744. The molecule has 1 amide bonds. The summed E-state index contributed by atoms with van der Waals surface area (Å²) in [5.74, 6) is -0.229. The molecule has 5 N–H and O–H groups in total. The second kappa shape index (κ2) is 5.28. The van der Waals surface area contributed by atoms with Gasteiger partial charge in [0.1, 0.15) is 0 Å². The lowest BCUT2D eigenvalue weighted by Crippen LogP contribution is -2.23. The van der Waals surface area contributed by atoms with Crippen LogP contribution in [-0.4, -0.2) is 20.4 Å². The van der Waals surface area contributed by atoms with Crippen molar-refractivity contribution in [1.82, 2.24) is 0 Å². The van der Waals surface area contributed by atoms with Gasteiger partial charge in [0.15, 0.2) is 0 Å². The van der Waals surface area contributed by atoms with Crippen molar-refractivity contribution in [3.63, 3.8) is 0 Å². The molecule has 0 radical (unpaired) electrons. The van der Waals surface area contributed by atoms with Crippen molar-refractivity contribution >= 4 is 21.6 Å². The van der Waals surface area contributed by atoms with Crippen LogP contribution in [0.5, 0.6) is 0 Å². The van der Waals surface area contributed by atoms with Gasteiger partial charge in [-0.05, 0) is 37.5 Å². The number of carbonyl (C=O) groups is 1. The number of sulfonamides is 1. The number of amides is 1. The standard InChI is InChI=1S/C12H17N3O3S/c13-9-5-4-8(6-9)12(16)15-10-2-1-3-11(7-10)19(14,17)18/h1-3,7-9H,4-6,13H2,(H,15,16)(H2,14,17,18). The van der Waals surface area contributed by atoms with Crippen LogP contribution in [0.25, 0.3) is 0 Å². The van der Waals surface area contributed by atoms with E-state index >= 15 is 0 Å². The number of anilines is 1. The van der Waals surface area contributed by atoms with E-state index in [1.165, 1.54) is 18.2 Å². The zero-order chi connectivity index (χ0) is 14.0. The molecule has 6 nitrogen and oxygen atoms in total. The number of rotatable bonds is 3. The molecule has 0 heterocycles. The van der Waals surface area contributed by atoms with Gasteiger partial charge in [0.05, 0.1) is 4.90 Å². The molecule has 1 fully saturated rings. The molecule has 2 rings (SSSR count). The Bertz CT molecular complexity index is 586. The van der Waals surface area contributed by atoms with Gasteiger partial charge < -0.3 is 11.1 Å². The Balaban J connectivity index is 2.09. The Morgan fingerprint density at radius 1 is 1.32 bits per heavy atom. The van der Waals surface area contributed by atoms with Crippen LogP contribution in [0.1, 0.15) is 19.3 Å². The van der Waals surface area contributed by atoms with Crippen LogP contribution < -0.4 is 16.2 Å². The summed E-state index contributed by atoms with van der Waals surface area (Å²) in [6.07, 6.45) is 2.28. The van der Waals surface area contributed by atoms with Crippen molar-refractivity contribution in [2.75, 3.05) is 5.32 Å². The maximum atomic E-state index is 12.0. The van der Waals surface area contributed by atoms with Gasteiger partial charge in [0, 0.05) is 17.6 Å². The third-order valence-electron chi connectivity index (χ3n) is 3.27. The van der Waals surface area contributed by atoms with Gasteiger partial charge in [0.25, 0.3) is 0 Å². The molecule has 19 heavy (non-hydrogen) atoms. The minimum absolute atomic E-state index is 0.0200. The van der Waals surface area contributed by atoms with E-state index in [0.717, 1.165) is 12.8 Å². The van der Waals surface area contributed by atoms with Crippen molar-refractivity contribution < 1.29 is 13.2 Å². The summed E-state index contributed by atoms with van der Waals surface area (Å²) in [5, 5.41) is 7.74. The summed E-state index contributed by atoms with van der Waals surface area (Å²) in [5.41, 5.74) is 6.19. The number of carbonyl (C=O) groups excluding carboxylic acids is 1. The average molecular weight is 283 g/mol. The van der Waals surface area contributed by atoms with Gasteiger partial charge in [0.2, 0.25) is 15.9 Å². The van der Waals surface area contributed by atoms with E-state index in [1.54, 1.807) is 6.07 Å². The number of nitrogens with two attached hydrogens (primary N) is 2. The Morgan fingerprint density at radius 2 is 2.05 bits per heavy atom. The van der Waals surface area contributed by atoms with Crippen LogP contribution in [0.3, 0.4) is 0 Å². The fourth-order valence-corrected chi connectivity index (χ4v) is 2.81. The molecule has 2 unspecified atom stereocenters. The zero-order valence-electron chi connectivity index (χ0n) is 10.4. The van der Waals surface area contributed by atoms with E-state index in [4.69, 9.17) is 10.9 Å². The molecular formula is C12H17N3O3S. The monoisotopic (exact) mass is 283 g/mol. The molecule has 104 valence electrons. The molecule has 0 saturated heterocycles. The first kappa shape index (κ1) is 14.0. The molecule has 0 bridgehead atoms.